The Labute approximate surface area is 112 Å². The molecule has 96 valence electrons. The van der Waals surface area contributed by atoms with Gasteiger partial charge in [0.05, 0.1) is 11.6 Å². The molecule has 3 nitrogen and oxygen atoms in total. The number of aromatic hydroxyl groups is 1. The molecule has 0 bridgehead atoms. The molecule has 0 aliphatic heterocycles. The smallest absolute Gasteiger partial charge is 0.118 e. The van der Waals surface area contributed by atoms with Crippen molar-refractivity contribution < 1.29 is 5.11 Å². The van der Waals surface area contributed by atoms with E-state index in [1.807, 2.05) is 26.1 Å². The van der Waals surface area contributed by atoms with Gasteiger partial charge in [0.1, 0.15) is 5.75 Å². The van der Waals surface area contributed by atoms with Crippen LogP contribution >= 0.6 is 11.3 Å². The Morgan fingerprint density at radius 1 is 1.28 bits per heavy atom. The first-order chi connectivity index (χ1) is 8.60. The van der Waals surface area contributed by atoms with E-state index in [1.54, 1.807) is 17.4 Å². The molecule has 2 rings (SSSR count). The molecule has 0 saturated carbocycles. The van der Waals surface area contributed by atoms with Crippen LogP contribution in [0.4, 0.5) is 5.69 Å². The second kappa shape index (κ2) is 5.40. The fraction of sp³-hybridized carbons (Fsp3) is 0.357. The van der Waals surface area contributed by atoms with Crippen molar-refractivity contribution in [3.05, 3.63) is 39.3 Å². The van der Waals surface area contributed by atoms with E-state index in [2.05, 4.69) is 17.2 Å². The number of phenolic OH excluding ortho intramolecular Hbond substituents is 1. The zero-order valence-corrected chi connectivity index (χ0v) is 11.8. The van der Waals surface area contributed by atoms with E-state index < -0.39 is 0 Å². The quantitative estimate of drug-likeness (QED) is 0.827. The van der Waals surface area contributed by atoms with Gasteiger partial charge in [-0.25, -0.2) is 4.98 Å². The number of phenols is 1. The van der Waals surface area contributed by atoms with Crippen LogP contribution in [0.2, 0.25) is 0 Å². The molecule has 1 aromatic heterocycles. The van der Waals surface area contributed by atoms with Gasteiger partial charge in [-0.15, -0.1) is 11.3 Å². The minimum atomic E-state index is 0.351. The van der Waals surface area contributed by atoms with Crippen LogP contribution in [0.5, 0.6) is 5.75 Å². The van der Waals surface area contributed by atoms with Crippen LogP contribution < -0.4 is 5.32 Å². The van der Waals surface area contributed by atoms with Crippen molar-refractivity contribution in [1.82, 2.24) is 4.98 Å². The molecule has 0 amide bonds. The number of aryl methyl sites for hydroxylation is 3. The highest BCUT2D eigenvalue weighted by atomic mass is 32.1. The van der Waals surface area contributed by atoms with Crippen LogP contribution in [0, 0.1) is 13.8 Å². The van der Waals surface area contributed by atoms with E-state index in [-0.39, 0.29) is 0 Å². The Morgan fingerprint density at radius 2 is 2.06 bits per heavy atom. The lowest BCUT2D eigenvalue weighted by Crippen LogP contribution is -1.99. The molecule has 0 fully saturated rings. The van der Waals surface area contributed by atoms with Gasteiger partial charge in [-0.3, -0.25) is 0 Å². The van der Waals surface area contributed by atoms with Crippen molar-refractivity contribution in [3.8, 4) is 5.75 Å². The summed E-state index contributed by atoms with van der Waals surface area (Å²) in [6.07, 6.45) is 2.92. The summed E-state index contributed by atoms with van der Waals surface area (Å²) in [4.78, 5) is 5.57. The molecule has 2 aromatic rings. The van der Waals surface area contributed by atoms with E-state index in [4.69, 9.17) is 0 Å². The van der Waals surface area contributed by atoms with Gasteiger partial charge in [-0.1, -0.05) is 6.92 Å². The first kappa shape index (κ1) is 12.9. The molecule has 0 radical (unpaired) electrons. The third-order valence-electron chi connectivity index (χ3n) is 2.90. The molecule has 18 heavy (non-hydrogen) atoms. The summed E-state index contributed by atoms with van der Waals surface area (Å²) in [6.45, 7) is 6.79. The second-order valence-corrected chi connectivity index (χ2v) is 5.58. The maximum absolute atomic E-state index is 9.61. The molecule has 1 heterocycles. The summed E-state index contributed by atoms with van der Waals surface area (Å²) >= 11 is 1.74. The molecule has 2 N–H and O–H groups in total. The van der Waals surface area contributed by atoms with E-state index in [1.165, 1.54) is 9.88 Å². The van der Waals surface area contributed by atoms with E-state index in [0.717, 1.165) is 29.8 Å². The van der Waals surface area contributed by atoms with Gasteiger partial charge in [-0.2, -0.15) is 0 Å². The molecule has 0 aliphatic rings. The standard InChI is InChI=1S/C14H18N2OS/c1-4-14-16-8-11(18-14)7-15-12-5-10(3)13(17)6-9(12)2/h5-6,8,15,17H,4,7H2,1-3H3. The fourth-order valence-corrected chi connectivity index (χ4v) is 2.57. The van der Waals surface area contributed by atoms with Gasteiger partial charge >= 0.3 is 0 Å². The average molecular weight is 262 g/mol. The second-order valence-electron chi connectivity index (χ2n) is 4.38. The monoisotopic (exact) mass is 262 g/mol. The normalized spacial score (nSPS) is 10.6. The highest BCUT2D eigenvalue weighted by Crippen LogP contribution is 2.25. The first-order valence-electron chi connectivity index (χ1n) is 6.07. The Hall–Kier alpha value is -1.55. The SMILES string of the molecule is CCc1ncc(CNc2cc(C)c(O)cc2C)s1. The number of thiazole rings is 1. The van der Waals surface area contributed by atoms with Crippen molar-refractivity contribution in [2.75, 3.05) is 5.32 Å². The molecular weight excluding hydrogens is 244 g/mol. The zero-order valence-electron chi connectivity index (χ0n) is 10.9. The molecule has 0 atom stereocenters. The van der Waals surface area contributed by atoms with E-state index in [0.29, 0.717) is 5.75 Å². The van der Waals surface area contributed by atoms with Crippen LogP contribution in [0.15, 0.2) is 18.3 Å². The summed E-state index contributed by atoms with van der Waals surface area (Å²) in [6, 6.07) is 3.77. The Morgan fingerprint density at radius 3 is 2.72 bits per heavy atom. The number of nitrogens with one attached hydrogen (secondary N) is 1. The van der Waals surface area contributed by atoms with Crippen molar-refractivity contribution in [2.45, 2.75) is 33.7 Å². The highest BCUT2D eigenvalue weighted by Gasteiger charge is 2.04. The Balaban J connectivity index is 2.08. The van der Waals surface area contributed by atoms with Gasteiger partial charge in [0.15, 0.2) is 0 Å². The number of anilines is 1. The number of nitrogens with zero attached hydrogens (tertiary/aromatic N) is 1. The number of benzene rings is 1. The predicted octanol–water partition coefficient (Wildman–Crippen LogP) is 3.64. The molecule has 0 aliphatic carbocycles. The highest BCUT2D eigenvalue weighted by molar-refractivity contribution is 7.11. The Bertz CT molecular complexity index is 549. The third kappa shape index (κ3) is 2.82. The molecule has 4 heteroatoms. The maximum Gasteiger partial charge on any atom is 0.118 e. The third-order valence-corrected chi connectivity index (χ3v) is 4.04. The van der Waals surface area contributed by atoms with E-state index >= 15 is 0 Å². The summed E-state index contributed by atoms with van der Waals surface area (Å²) in [5, 5.41) is 14.2. The largest absolute Gasteiger partial charge is 0.508 e. The number of rotatable bonds is 4. The first-order valence-corrected chi connectivity index (χ1v) is 6.89. The minimum absolute atomic E-state index is 0.351. The summed E-state index contributed by atoms with van der Waals surface area (Å²) in [7, 11) is 0. The van der Waals surface area contributed by atoms with Gasteiger partial charge in [0.2, 0.25) is 0 Å². The van der Waals surface area contributed by atoms with Crippen LogP contribution in [-0.2, 0) is 13.0 Å². The van der Waals surface area contributed by atoms with Gasteiger partial charge in [-0.05, 0) is 43.5 Å². The van der Waals surface area contributed by atoms with Crippen molar-refractivity contribution in [3.63, 3.8) is 0 Å². The van der Waals surface area contributed by atoms with Gasteiger partial charge < -0.3 is 10.4 Å². The Kier molecular flexibility index (Phi) is 3.87. The molecular formula is C14H18N2OS. The lowest BCUT2D eigenvalue weighted by molar-refractivity contribution is 0.471. The van der Waals surface area contributed by atoms with Crippen LogP contribution in [0.1, 0.15) is 27.9 Å². The molecule has 0 saturated heterocycles. The van der Waals surface area contributed by atoms with Crippen molar-refractivity contribution >= 4 is 17.0 Å². The predicted molar refractivity (Wildman–Crippen MR) is 76.4 cm³/mol. The minimum Gasteiger partial charge on any atom is -0.508 e. The average Bonchev–Trinajstić information content (AvgIpc) is 2.80. The lowest BCUT2D eigenvalue weighted by atomic mass is 10.1. The molecule has 0 unspecified atom stereocenters. The summed E-state index contributed by atoms with van der Waals surface area (Å²) < 4.78 is 0. The number of hydrogen-bond acceptors (Lipinski definition) is 4. The number of hydrogen-bond donors (Lipinski definition) is 2. The van der Waals surface area contributed by atoms with Crippen LogP contribution in [0.3, 0.4) is 0 Å². The fourth-order valence-electron chi connectivity index (χ4n) is 1.77. The summed E-state index contributed by atoms with van der Waals surface area (Å²) in [5.41, 5.74) is 3.01. The van der Waals surface area contributed by atoms with E-state index in [9.17, 15) is 5.11 Å². The zero-order chi connectivity index (χ0) is 13.1. The lowest BCUT2D eigenvalue weighted by Gasteiger charge is -2.10. The van der Waals surface area contributed by atoms with Crippen LogP contribution in [0.25, 0.3) is 0 Å². The van der Waals surface area contributed by atoms with Crippen molar-refractivity contribution in [2.24, 2.45) is 0 Å². The summed E-state index contributed by atoms with van der Waals surface area (Å²) in [5.74, 6) is 0.351. The molecule has 1 aromatic carbocycles. The van der Waals surface area contributed by atoms with Gasteiger partial charge in [0.25, 0.3) is 0 Å². The number of aromatic nitrogens is 1. The maximum atomic E-state index is 9.61. The van der Waals surface area contributed by atoms with Gasteiger partial charge in [0, 0.05) is 16.8 Å². The van der Waals surface area contributed by atoms with Crippen LogP contribution in [-0.4, -0.2) is 10.1 Å². The molecule has 0 spiro atoms. The topological polar surface area (TPSA) is 45.2 Å². The van der Waals surface area contributed by atoms with Crippen molar-refractivity contribution in [1.29, 1.82) is 0 Å².